The van der Waals surface area contributed by atoms with Crippen molar-refractivity contribution in [1.82, 2.24) is 0 Å². The molecule has 0 saturated heterocycles. The van der Waals surface area contributed by atoms with Crippen LogP contribution >= 0.6 is 0 Å². The minimum absolute atomic E-state index is 0.304. The summed E-state index contributed by atoms with van der Waals surface area (Å²) in [6, 6.07) is 13.6. The lowest BCUT2D eigenvalue weighted by Crippen LogP contribution is -2.16. The second kappa shape index (κ2) is 6.35. The summed E-state index contributed by atoms with van der Waals surface area (Å²) in [7, 11) is 0.304. The Morgan fingerprint density at radius 3 is 2.00 bits per heavy atom. The Bertz CT molecular complexity index is 994. The summed E-state index contributed by atoms with van der Waals surface area (Å²) in [5.41, 5.74) is 11.0. The van der Waals surface area contributed by atoms with Crippen molar-refractivity contribution in [3.05, 3.63) is 70.2 Å². The van der Waals surface area contributed by atoms with Gasteiger partial charge in [0.25, 0.3) is 0 Å². The minimum Gasteiger partial charge on any atom is -0.465 e. The zero-order valence-electron chi connectivity index (χ0n) is 16.6. The number of fused-ring (bicyclic) bond motifs is 7. The molecule has 1 aliphatic rings. The molecule has 0 N–H and O–H groups in total. The SMILES string of the molecule is Cc1oc(C)c2c1-c1cccc(c1C)CC([S+](C)C)c1cccc-2c1C. The molecule has 0 aliphatic heterocycles. The molecule has 1 nitrogen and oxygen atoms in total. The molecule has 26 heavy (non-hydrogen) atoms. The summed E-state index contributed by atoms with van der Waals surface area (Å²) in [6.45, 7) is 8.77. The number of rotatable bonds is 1. The molecule has 1 aliphatic carbocycles. The fourth-order valence-corrected chi connectivity index (χ4v) is 5.79. The fourth-order valence-electron chi connectivity index (χ4n) is 4.51. The second-order valence-electron chi connectivity index (χ2n) is 7.65. The molecule has 2 aromatic carbocycles. The van der Waals surface area contributed by atoms with Crippen molar-refractivity contribution < 1.29 is 4.42 Å². The van der Waals surface area contributed by atoms with Crippen molar-refractivity contribution in [2.75, 3.05) is 12.5 Å². The maximum absolute atomic E-state index is 6.14. The molecule has 0 radical (unpaired) electrons. The standard InChI is InChI=1S/C24H27OS/c1-14-18-9-7-11-20(14)23-16(3)25-17(4)24(23)21-12-8-10-19(15(21)2)22(13-18)26(5)6/h7-12,22H,13H2,1-6H3/q+1. The summed E-state index contributed by atoms with van der Waals surface area (Å²) in [4.78, 5) is 0. The lowest BCUT2D eigenvalue weighted by molar-refractivity contribution is 0.506. The van der Waals surface area contributed by atoms with Crippen LogP contribution in [0.3, 0.4) is 0 Å². The smallest absolute Gasteiger partial charge is 0.147 e. The highest BCUT2D eigenvalue weighted by molar-refractivity contribution is 7.95. The van der Waals surface area contributed by atoms with E-state index in [0.29, 0.717) is 16.1 Å². The Hall–Kier alpha value is -1.93. The highest BCUT2D eigenvalue weighted by Crippen LogP contribution is 2.45. The maximum Gasteiger partial charge on any atom is 0.147 e. The van der Waals surface area contributed by atoms with Gasteiger partial charge in [0.15, 0.2) is 0 Å². The summed E-state index contributed by atoms with van der Waals surface area (Å²) < 4.78 is 6.14. The van der Waals surface area contributed by atoms with Gasteiger partial charge < -0.3 is 4.42 Å². The summed E-state index contributed by atoms with van der Waals surface area (Å²) >= 11 is 0. The molecule has 0 fully saturated rings. The molecule has 0 amide bonds. The first-order valence-corrected chi connectivity index (χ1v) is 11.4. The van der Waals surface area contributed by atoms with E-state index in [4.69, 9.17) is 4.42 Å². The molecule has 134 valence electrons. The van der Waals surface area contributed by atoms with Gasteiger partial charge in [-0.05, 0) is 66.4 Å². The van der Waals surface area contributed by atoms with E-state index < -0.39 is 0 Å². The lowest BCUT2D eigenvalue weighted by atomic mass is 9.84. The quantitative estimate of drug-likeness (QED) is 0.461. The summed E-state index contributed by atoms with van der Waals surface area (Å²) in [6.07, 6.45) is 5.85. The molecule has 1 aromatic heterocycles. The first-order valence-electron chi connectivity index (χ1n) is 9.25. The number of aryl methyl sites for hydroxylation is 2. The van der Waals surface area contributed by atoms with Crippen LogP contribution in [-0.4, -0.2) is 12.5 Å². The molecule has 1 heterocycles. The molecule has 3 aromatic rings. The van der Waals surface area contributed by atoms with Gasteiger partial charge in [0.2, 0.25) is 0 Å². The van der Waals surface area contributed by atoms with Crippen molar-refractivity contribution in [3.8, 4) is 22.3 Å². The Balaban J connectivity index is 2.16. The molecule has 0 spiro atoms. The predicted octanol–water partition coefficient (Wildman–Crippen LogP) is 6.32. The predicted molar refractivity (Wildman–Crippen MR) is 114 cm³/mol. The van der Waals surface area contributed by atoms with Gasteiger partial charge in [0.1, 0.15) is 16.8 Å². The Morgan fingerprint density at radius 1 is 0.808 bits per heavy atom. The zero-order chi connectivity index (χ0) is 18.6. The van der Waals surface area contributed by atoms with Gasteiger partial charge in [-0.15, -0.1) is 0 Å². The van der Waals surface area contributed by atoms with Gasteiger partial charge in [0, 0.05) is 23.1 Å². The number of benzene rings is 2. The summed E-state index contributed by atoms with van der Waals surface area (Å²) in [5.74, 6) is 2.04. The molecule has 0 saturated carbocycles. The number of furan rings is 1. The van der Waals surface area contributed by atoms with Crippen LogP contribution in [0.2, 0.25) is 0 Å². The van der Waals surface area contributed by atoms with Gasteiger partial charge in [-0.25, -0.2) is 0 Å². The number of hydrogen-bond acceptors (Lipinski definition) is 1. The van der Waals surface area contributed by atoms with Crippen LogP contribution in [0.15, 0.2) is 40.8 Å². The van der Waals surface area contributed by atoms with Crippen molar-refractivity contribution in [2.45, 2.75) is 39.4 Å². The third-order valence-electron chi connectivity index (χ3n) is 5.94. The van der Waals surface area contributed by atoms with E-state index in [1.165, 1.54) is 44.5 Å². The Labute approximate surface area is 159 Å². The van der Waals surface area contributed by atoms with Gasteiger partial charge in [-0.2, -0.15) is 0 Å². The second-order valence-corrected chi connectivity index (χ2v) is 9.97. The molecule has 4 bridgehead atoms. The van der Waals surface area contributed by atoms with E-state index in [1.807, 2.05) is 0 Å². The Morgan fingerprint density at radius 2 is 1.38 bits per heavy atom. The van der Waals surface area contributed by atoms with E-state index in [-0.39, 0.29) is 0 Å². The fraction of sp³-hybridized carbons (Fsp3) is 0.333. The normalized spacial score (nSPS) is 15.9. The van der Waals surface area contributed by atoms with E-state index in [2.05, 4.69) is 76.6 Å². The van der Waals surface area contributed by atoms with Gasteiger partial charge >= 0.3 is 0 Å². The number of hydrogen-bond donors (Lipinski definition) is 0. The van der Waals surface area contributed by atoms with Gasteiger partial charge in [0.05, 0.1) is 12.5 Å². The van der Waals surface area contributed by atoms with Crippen LogP contribution < -0.4 is 0 Å². The van der Waals surface area contributed by atoms with E-state index in [0.717, 1.165) is 17.9 Å². The highest BCUT2D eigenvalue weighted by Gasteiger charge is 2.31. The average Bonchev–Trinajstić information content (AvgIpc) is 2.88. The van der Waals surface area contributed by atoms with Gasteiger partial charge in [-0.3, -0.25) is 0 Å². The van der Waals surface area contributed by atoms with E-state index in [9.17, 15) is 0 Å². The lowest BCUT2D eigenvalue weighted by Gasteiger charge is -2.23. The molecule has 4 rings (SSSR count). The van der Waals surface area contributed by atoms with Crippen LogP contribution in [0.25, 0.3) is 22.3 Å². The van der Waals surface area contributed by atoms with Crippen LogP contribution in [0.1, 0.15) is 39.0 Å². The van der Waals surface area contributed by atoms with Crippen LogP contribution in [0.4, 0.5) is 0 Å². The first kappa shape index (κ1) is 17.5. The molecule has 1 unspecified atom stereocenters. The summed E-state index contributed by atoms with van der Waals surface area (Å²) in [5, 5.41) is 0.554. The van der Waals surface area contributed by atoms with Crippen LogP contribution in [0.5, 0.6) is 0 Å². The third-order valence-corrected chi connectivity index (χ3v) is 7.50. The van der Waals surface area contributed by atoms with Crippen LogP contribution in [0, 0.1) is 27.7 Å². The highest BCUT2D eigenvalue weighted by atomic mass is 32.2. The van der Waals surface area contributed by atoms with Crippen molar-refractivity contribution in [3.63, 3.8) is 0 Å². The van der Waals surface area contributed by atoms with Gasteiger partial charge in [-0.1, -0.05) is 36.4 Å². The molecular formula is C24H27OS+. The zero-order valence-corrected chi connectivity index (χ0v) is 17.4. The van der Waals surface area contributed by atoms with E-state index in [1.54, 1.807) is 0 Å². The molecular weight excluding hydrogens is 336 g/mol. The molecule has 1 atom stereocenters. The monoisotopic (exact) mass is 363 g/mol. The van der Waals surface area contributed by atoms with Crippen molar-refractivity contribution >= 4 is 10.9 Å². The van der Waals surface area contributed by atoms with Crippen LogP contribution in [-0.2, 0) is 17.3 Å². The topological polar surface area (TPSA) is 13.1 Å². The van der Waals surface area contributed by atoms with Crippen molar-refractivity contribution in [1.29, 1.82) is 0 Å². The minimum atomic E-state index is 0.304. The largest absolute Gasteiger partial charge is 0.465 e. The Kier molecular flexibility index (Phi) is 4.27. The third kappa shape index (κ3) is 2.54. The molecule has 2 heteroatoms. The average molecular weight is 364 g/mol. The first-order chi connectivity index (χ1) is 12.4. The maximum atomic E-state index is 6.14. The van der Waals surface area contributed by atoms with E-state index >= 15 is 0 Å². The van der Waals surface area contributed by atoms with Crippen molar-refractivity contribution in [2.24, 2.45) is 0 Å².